The molecule has 0 fully saturated rings. The first-order chi connectivity index (χ1) is 12.1. The fraction of sp³-hybridized carbons (Fsp3) is 0.143. The summed E-state index contributed by atoms with van der Waals surface area (Å²) in [6.07, 6.45) is 7.68. The zero-order valence-corrected chi connectivity index (χ0v) is 14.6. The Morgan fingerprint density at radius 2 is 1.76 bits per heavy atom. The van der Waals surface area contributed by atoms with Gasteiger partial charge in [0, 0.05) is 5.69 Å². The summed E-state index contributed by atoms with van der Waals surface area (Å²) < 4.78 is 0. The smallest absolute Gasteiger partial charge is 0.259 e. The molecule has 2 N–H and O–H groups in total. The molecule has 0 aromatic heterocycles. The number of rotatable bonds is 7. The molecule has 0 aliphatic heterocycles. The molecule has 1 amide bonds. The number of anilines is 1. The summed E-state index contributed by atoms with van der Waals surface area (Å²) in [4.78, 5) is 11.8. The SMILES string of the molecule is CC(C=CC=Cc1ccccc1)=NNC(=O)CNc1ccccc1C. The van der Waals surface area contributed by atoms with E-state index in [4.69, 9.17) is 0 Å². The van der Waals surface area contributed by atoms with Crippen molar-refractivity contribution >= 4 is 23.4 Å². The Morgan fingerprint density at radius 3 is 2.52 bits per heavy atom. The van der Waals surface area contributed by atoms with Gasteiger partial charge in [0.05, 0.1) is 12.3 Å². The standard InChI is InChI=1S/C21H23N3O/c1-17-10-6-9-15-20(17)22-16-21(25)24-23-18(2)11-7-8-14-19-12-4-3-5-13-19/h3-15,22H,16H2,1-2H3,(H,24,25). The minimum Gasteiger partial charge on any atom is -0.376 e. The number of amides is 1. The summed E-state index contributed by atoms with van der Waals surface area (Å²) in [5.41, 5.74) is 6.45. The van der Waals surface area contributed by atoms with Gasteiger partial charge >= 0.3 is 0 Å². The number of aryl methyl sites for hydroxylation is 1. The summed E-state index contributed by atoms with van der Waals surface area (Å²) in [5.74, 6) is -0.184. The van der Waals surface area contributed by atoms with Crippen LogP contribution in [0, 0.1) is 6.92 Å². The van der Waals surface area contributed by atoms with Crippen LogP contribution in [0.1, 0.15) is 18.1 Å². The molecule has 2 aromatic rings. The van der Waals surface area contributed by atoms with Crippen LogP contribution in [0.3, 0.4) is 0 Å². The third-order valence-electron chi connectivity index (χ3n) is 3.48. The Hall–Kier alpha value is -3.14. The van der Waals surface area contributed by atoms with Crippen molar-refractivity contribution in [3.63, 3.8) is 0 Å². The normalized spacial score (nSPS) is 11.8. The number of carbonyl (C=O) groups is 1. The molecule has 0 aliphatic carbocycles. The number of carbonyl (C=O) groups excluding carboxylic acids is 1. The number of para-hydroxylation sites is 1. The minimum absolute atomic E-state index is 0.180. The van der Waals surface area contributed by atoms with Crippen molar-refractivity contribution in [1.82, 2.24) is 5.43 Å². The van der Waals surface area contributed by atoms with Crippen molar-refractivity contribution in [2.24, 2.45) is 5.10 Å². The Labute approximate surface area is 149 Å². The Bertz CT molecular complexity index is 777. The highest BCUT2D eigenvalue weighted by molar-refractivity contribution is 5.94. The van der Waals surface area contributed by atoms with Gasteiger partial charge in [0.1, 0.15) is 0 Å². The molecule has 0 bridgehead atoms. The Morgan fingerprint density at radius 1 is 1.04 bits per heavy atom. The van der Waals surface area contributed by atoms with Crippen molar-refractivity contribution in [2.45, 2.75) is 13.8 Å². The van der Waals surface area contributed by atoms with E-state index in [1.54, 1.807) is 0 Å². The lowest BCUT2D eigenvalue weighted by Gasteiger charge is -2.08. The van der Waals surface area contributed by atoms with E-state index in [0.29, 0.717) is 0 Å². The monoisotopic (exact) mass is 333 g/mol. The van der Waals surface area contributed by atoms with Crippen molar-refractivity contribution in [3.05, 3.63) is 84.0 Å². The number of allylic oxidation sites excluding steroid dienone is 3. The summed E-state index contributed by atoms with van der Waals surface area (Å²) in [5, 5.41) is 7.16. The van der Waals surface area contributed by atoms with Gasteiger partial charge in [-0.2, -0.15) is 5.10 Å². The van der Waals surface area contributed by atoms with E-state index in [9.17, 15) is 4.79 Å². The van der Waals surface area contributed by atoms with Crippen LogP contribution in [0.15, 0.2) is 77.9 Å². The second-order valence-corrected chi connectivity index (χ2v) is 5.59. The second-order valence-electron chi connectivity index (χ2n) is 5.59. The zero-order valence-electron chi connectivity index (χ0n) is 14.6. The molecular formula is C21H23N3O. The lowest BCUT2D eigenvalue weighted by Crippen LogP contribution is -2.26. The van der Waals surface area contributed by atoms with E-state index in [-0.39, 0.29) is 12.5 Å². The summed E-state index contributed by atoms with van der Waals surface area (Å²) in [6.45, 7) is 4.01. The third-order valence-corrected chi connectivity index (χ3v) is 3.48. The van der Waals surface area contributed by atoms with E-state index in [1.165, 1.54) is 0 Å². The van der Waals surface area contributed by atoms with E-state index in [2.05, 4.69) is 15.8 Å². The van der Waals surface area contributed by atoms with Gasteiger partial charge in [0.2, 0.25) is 0 Å². The van der Waals surface area contributed by atoms with E-state index >= 15 is 0 Å². The molecule has 25 heavy (non-hydrogen) atoms. The largest absolute Gasteiger partial charge is 0.376 e. The van der Waals surface area contributed by atoms with Crippen LogP contribution in [0.25, 0.3) is 6.08 Å². The minimum atomic E-state index is -0.184. The highest BCUT2D eigenvalue weighted by Crippen LogP contribution is 2.12. The fourth-order valence-electron chi connectivity index (χ4n) is 2.10. The Kier molecular flexibility index (Phi) is 7.19. The number of benzene rings is 2. The first-order valence-corrected chi connectivity index (χ1v) is 8.17. The van der Waals surface area contributed by atoms with Gasteiger partial charge in [-0.1, -0.05) is 66.8 Å². The van der Waals surface area contributed by atoms with Crippen molar-refractivity contribution in [3.8, 4) is 0 Å². The maximum absolute atomic E-state index is 11.8. The topological polar surface area (TPSA) is 53.5 Å². The van der Waals surface area contributed by atoms with E-state index < -0.39 is 0 Å². The lowest BCUT2D eigenvalue weighted by atomic mass is 10.2. The number of nitrogens with zero attached hydrogens (tertiary/aromatic N) is 1. The van der Waals surface area contributed by atoms with Gasteiger partial charge in [-0.05, 0) is 37.1 Å². The molecule has 0 saturated carbocycles. The first kappa shape index (κ1) is 18.2. The van der Waals surface area contributed by atoms with Crippen molar-refractivity contribution in [2.75, 3.05) is 11.9 Å². The van der Waals surface area contributed by atoms with Gasteiger partial charge in [0.15, 0.2) is 0 Å². The van der Waals surface area contributed by atoms with Crippen LogP contribution in [-0.2, 0) is 4.79 Å². The van der Waals surface area contributed by atoms with Gasteiger partial charge in [0.25, 0.3) is 5.91 Å². The maximum atomic E-state index is 11.8. The van der Waals surface area contributed by atoms with Crippen LogP contribution < -0.4 is 10.7 Å². The maximum Gasteiger partial charge on any atom is 0.259 e. The number of hydrogen-bond acceptors (Lipinski definition) is 3. The molecular weight excluding hydrogens is 310 g/mol. The average Bonchev–Trinajstić information content (AvgIpc) is 2.64. The van der Waals surface area contributed by atoms with Crippen LogP contribution in [0.2, 0.25) is 0 Å². The van der Waals surface area contributed by atoms with Crippen LogP contribution >= 0.6 is 0 Å². The summed E-state index contributed by atoms with van der Waals surface area (Å²) in [6, 6.07) is 17.9. The number of nitrogens with one attached hydrogen (secondary N) is 2. The van der Waals surface area contributed by atoms with E-state index in [1.807, 2.05) is 92.7 Å². The van der Waals surface area contributed by atoms with Crippen LogP contribution in [-0.4, -0.2) is 18.2 Å². The molecule has 4 nitrogen and oxygen atoms in total. The van der Waals surface area contributed by atoms with Crippen LogP contribution in [0.5, 0.6) is 0 Å². The molecule has 2 aromatic carbocycles. The molecule has 0 radical (unpaired) electrons. The molecule has 2 rings (SSSR count). The van der Waals surface area contributed by atoms with E-state index in [0.717, 1.165) is 22.5 Å². The van der Waals surface area contributed by atoms with Crippen molar-refractivity contribution < 1.29 is 4.79 Å². The molecule has 0 unspecified atom stereocenters. The molecule has 128 valence electrons. The van der Waals surface area contributed by atoms with Gasteiger partial charge < -0.3 is 5.32 Å². The zero-order chi connectivity index (χ0) is 17.9. The van der Waals surface area contributed by atoms with Crippen LogP contribution in [0.4, 0.5) is 5.69 Å². The second kappa shape index (κ2) is 9.88. The number of hydrogen-bond donors (Lipinski definition) is 2. The van der Waals surface area contributed by atoms with Crippen molar-refractivity contribution in [1.29, 1.82) is 0 Å². The quantitative estimate of drug-likeness (QED) is 0.454. The molecule has 0 spiro atoms. The molecule has 4 heteroatoms. The average molecular weight is 333 g/mol. The third kappa shape index (κ3) is 6.87. The predicted octanol–water partition coefficient (Wildman–Crippen LogP) is 4.17. The number of hydrazone groups is 1. The molecule has 0 aliphatic rings. The summed E-state index contributed by atoms with van der Waals surface area (Å²) >= 11 is 0. The molecule has 0 heterocycles. The highest BCUT2D eigenvalue weighted by atomic mass is 16.2. The lowest BCUT2D eigenvalue weighted by molar-refractivity contribution is -0.119. The molecule has 0 atom stereocenters. The van der Waals surface area contributed by atoms with Gasteiger partial charge in [-0.3, -0.25) is 4.79 Å². The molecule has 0 saturated heterocycles. The predicted molar refractivity (Wildman–Crippen MR) is 106 cm³/mol. The Balaban J connectivity index is 1.76. The fourth-order valence-corrected chi connectivity index (χ4v) is 2.10. The summed E-state index contributed by atoms with van der Waals surface area (Å²) in [7, 11) is 0. The highest BCUT2D eigenvalue weighted by Gasteiger charge is 2.01. The van der Waals surface area contributed by atoms with Gasteiger partial charge in [-0.15, -0.1) is 0 Å². The first-order valence-electron chi connectivity index (χ1n) is 8.17. The van der Waals surface area contributed by atoms with Gasteiger partial charge in [-0.25, -0.2) is 5.43 Å².